The third kappa shape index (κ3) is 2.26. The quantitative estimate of drug-likeness (QED) is 0.880. The van der Waals surface area contributed by atoms with E-state index in [1.807, 2.05) is 19.1 Å². The Balaban J connectivity index is 1.98. The lowest BCUT2D eigenvalue weighted by atomic mass is 9.91. The summed E-state index contributed by atoms with van der Waals surface area (Å²) in [5, 5.41) is 3.64. The summed E-state index contributed by atoms with van der Waals surface area (Å²) < 4.78 is 5.44. The van der Waals surface area contributed by atoms with Crippen molar-refractivity contribution in [3.05, 3.63) is 18.0 Å². The van der Waals surface area contributed by atoms with Crippen molar-refractivity contribution in [1.82, 2.24) is 20.3 Å². The molecule has 2 N–H and O–H groups in total. The van der Waals surface area contributed by atoms with Crippen LogP contribution in [0.5, 0.6) is 5.88 Å². The monoisotopic (exact) mass is 274 g/mol. The first-order valence-electron chi connectivity index (χ1n) is 7.52. The minimum atomic E-state index is 0.00122. The molecule has 108 valence electrons. The third-order valence-electron chi connectivity index (χ3n) is 3.99. The summed E-state index contributed by atoms with van der Waals surface area (Å²) in [6.07, 6.45) is 4.58. The predicted molar refractivity (Wildman–Crippen MR) is 78.9 cm³/mol. The second-order valence-corrected chi connectivity index (χ2v) is 5.40. The van der Waals surface area contributed by atoms with Crippen LogP contribution in [0.25, 0.3) is 11.2 Å². The molecule has 0 bridgehead atoms. The van der Waals surface area contributed by atoms with Gasteiger partial charge in [0.25, 0.3) is 0 Å². The average molecular weight is 274 g/mol. The van der Waals surface area contributed by atoms with Crippen molar-refractivity contribution in [2.45, 2.75) is 45.1 Å². The SMILES string of the molecule is CCCC1(c2nc3nc(OCC)ccc3[nH]2)CCCN1. The van der Waals surface area contributed by atoms with Gasteiger partial charge >= 0.3 is 0 Å². The predicted octanol–water partition coefficient (Wildman–Crippen LogP) is 2.74. The van der Waals surface area contributed by atoms with E-state index in [0.717, 1.165) is 42.8 Å². The lowest BCUT2D eigenvalue weighted by Gasteiger charge is -2.26. The number of rotatable bonds is 5. The van der Waals surface area contributed by atoms with Gasteiger partial charge < -0.3 is 15.0 Å². The van der Waals surface area contributed by atoms with Gasteiger partial charge in [0.15, 0.2) is 5.65 Å². The van der Waals surface area contributed by atoms with E-state index in [-0.39, 0.29) is 5.54 Å². The standard InChI is InChI=1S/C15H22N4O/c1-3-8-15(9-5-10-16-15)14-17-11-6-7-12(20-4-2)18-13(11)19-14/h6-7,16H,3-5,8-10H2,1-2H3,(H,17,18,19). The van der Waals surface area contributed by atoms with Crippen molar-refractivity contribution in [3.63, 3.8) is 0 Å². The van der Waals surface area contributed by atoms with Crippen molar-refractivity contribution >= 4 is 11.2 Å². The summed E-state index contributed by atoms with van der Waals surface area (Å²) in [5.74, 6) is 1.66. The van der Waals surface area contributed by atoms with Crippen molar-refractivity contribution in [1.29, 1.82) is 0 Å². The molecule has 1 aliphatic heterocycles. The van der Waals surface area contributed by atoms with E-state index in [2.05, 4.69) is 22.2 Å². The molecule has 0 spiro atoms. The normalized spacial score (nSPS) is 22.5. The Morgan fingerprint density at radius 2 is 2.20 bits per heavy atom. The molecule has 5 nitrogen and oxygen atoms in total. The van der Waals surface area contributed by atoms with E-state index in [4.69, 9.17) is 9.72 Å². The molecule has 0 radical (unpaired) electrons. The zero-order valence-electron chi connectivity index (χ0n) is 12.2. The second-order valence-electron chi connectivity index (χ2n) is 5.40. The van der Waals surface area contributed by atoms with Gasteiger partial charge in [-0.15, -0.1) is 0 Å². The Kier molecular flexibility index (Phi) is 3.61. The molecule has 0 aromatic carbocycles. The number of nitrogens with one attached hydrogen (secondary N) is 2. The molecule has 5 heteroatoms. The molecule has 0 saturated carbocycles. The summed E-state index contributed by atoms with van der Waals surface area (Å²) in [6, 6.07) is 3.89. The Bertz CT molecular complexity index is 587. The molecular weight excluding hydrogens is 252 g/mol. The van der Waals surface area contributed by atoms with Crippen LogP contribution in [-0.4, -0.2) is 28.1 Å². The number of pyridine rings is 1. The number of ether oxygens (including phenoxy) is 1. The van der Waals surface area contributed by atoms with Crippen LogP contribution in [0, 0.1) is 0 Å². The minimum absolute atomic E-state index is 0.00122. The summed E-state index contributed by atoms with van der Waals surface area (Å²) in [4.78, 5) is 12.6. The molecule has 2 aromatic rings. The lowest BCUT2D eigenvalue weighted by Crippen LogP contribution is -2.37. The van der Waals surface area contributed by atoms with Crippen molar-refractivity contribution in [3.8, 4) is 5.88 Å². The number of hydrogen-bond donors (Lipinski definition) is 2. The number of aromatic nitrogens is 3. The van der Waals surface area contributed by atoms with Gasteiger partial charge in [-0.3, -0.25) is 0 Å². The number of hydrogen-bond acceptors (Lipinski definition) is 4. The molecule has 1 aliphatic rings. The fraction of sp³-hybridized carbons (Fsp3) is 0.600. The van der Waals surface area contributed by atoms with E-state index in [1.54, 1.807) is 0 Å². The molecule has 3 heterocycles. The zero-order chi connectivity index (χ0) is 14.0. The van der Waals surface area contributed by atoms with Crippen LogP contribution in [0.15, 0.2) is 12.1 Å². The summed E-state index contributed by atoms with van der Waals surface area (Å²) in [7, 11) is 0. The van der Waals surface area contributed by atoms with E-state index < -0.39 is 0 Å². The van der Waals surface area contributed by atoms with Gasteiger partial charge in [-0.05, 0) is 38.8 Å². The number of fused-ring (bicyclic) bond motifs is 1. The maximum Gasteiger partial charge on any atom is 0.215 e. The van der Waals surface area contributed by atoms with Gasteiger partial charge in [0.05, 0.1) is 17.7 Å². The Labute approximate surface area is 119 Å². The van der Waals surface area contributed by atoms with Crippen LogP contribution in [0.1, 0.15) is 45.4 Å². The molecule has 1 atom stereocenters. The van der Waals surface area contributed by atoms with Gasteiger partial charge in [0, 0.05) is 6.07 Å². The van der Waals surface area contributed by atoms with Crippen LogP contribution in [0.4, 0.5) is 0 Å². The number of imidazole rings is 1. The molecule has 3 rings (SSSR count). The Morgan fingerprint density at radius 1 is 1.30 bits per heavy atom. The Hall–Kier alpha value is -1.62. The third-order valence-corrected chi connectivity index (χ3v) is 3.99. The van der Waals surface area contributed by atoms with Crippen LogP contribution in [0.2, 0.25) is 0 Å². The van der Waals surface area contributed by atoms with E-state index in [9.17, 15) is 0 Å². The topological polar surface area (TPSA) is 62.8 Å². The minimum Gasteiger partial charge on any atom is -0.478 e. The summed E-state index contributed by atoms with van der Waals surface area (Å²) in [5.41, 5.74) is 1.73. The fourth-order valence-corrected chi connectivity index (χ4v) is 3.10. The molecule has 1 fully saturated rings. The molecule has 20 heavy (non-hydrogen) atoms. The first-order valence-corrected chi connectivity index (χ1v) is 7.52. The van der Waals surface area contributed by atoms with Crippen molar-refractivity contribution in [2.24, 2.45) is 0 Å². The largest absolute Gasteiger partial charge is 0.478 e. The molecule has 1 saturated heterocycles. The van der Waals surface area contributed by atoms with Crippen LogP contribution in [0.3, 0.4) is 0 Å². The first kappa shape index (κ1) is 13.4. The van der Waals surface area contributed by atoms with Gasteiger partial charge in [-0.1, -0.05) is 13.3 Å². The van der Waals surface area contributed by atoms with E-state index >= 15 is 0 Å². The van der Waals surface area contributed by atoms with Gasteiger partial charge in [-0.25, -0.2) is 4.98 Å². The smallest absolute Gasteiger partial charge is 0.215 e. The average Bonchev–Trinajstić information content (AvgIpc) is 3.06. The molecule has 0 aliphatic carbocycles. The van der Waals surface area contributed by atoms with Crippen LogP contribution >= 0.6 is 0 Å². The Morgan fingerprint density at radius 3 is 2.90 bits per heavy atom. The molecule has 2 aromatic heterocycles. The molecular formula is C15H22N4O. The zero-order valence-corrected chi connectivity index (χ0v) is 12.2. The van der Waals surface area contributed by atoms with Crippen molar-refractivity contribution in [2.75, 3.05) is 13.2 Å². The fourth-order valence-electron chi connectivity index (χ4n) is 3.10. The maximum atomic E-state index is 5.44. The lowest BCUT2D eigenvalue weighted by molar-refractivity contribution is 0.327. The summed E-state index contributed by atoms with van der Waals surface area (Å²) >= 11 is 0. The second kappa shape index (κ2) is 5.40. The van der Waals surface area contributed by atoms with Crippen LogP contribution in [-0.2, 0) is 5.54 Å². The van der Waals surface area contributed by atoms with Crippen LogP contribution < -0.4 is 10.1 Å². The van der Waals surface area contributed by atoms with Gasteiger partial charge in [0.2, 0.25) is 5.88 Å². The maximum absolute atomic E-state index is 5.44. The highest BCUT2D eigenvalue weighted by molar-refractivity contribution is 5.71. The number of H-pyrrole nitrogens is 1. The van der Waals surface area contributed by atoms with Gasteiger partial charge in [0.1, 0.15) is 5.82 Å². The first-order chi connectivity index (χ1) is 9.77. The number of nitrogens with zero attached hydrogens (tertiary/aromatic N) is 2. The highest BCUT2D eigenvalue weighted by atomic mass is 16.5. The van der Waals surface area contributed by atoms with E-state index in [1.165, 1.54) is 6.42 Å². The highest BCUT2D eigenvalue weighted by Gasteiger charge is 2.37. The highest BCUT2D eigenvalue weighted by Crippen LogP contribution is 2.34. The number of aromatic amines is 1. The summed E-state index contributed by atoms with van der Waals surface area (Å²) in [6.45, 7) is 5.86. The van der Waals surface area contributed by atoms with Gasteiger partial charge in [-0.2, -0.15) is 4.98 Å². The van der Waals surface area contributed by atoms with Crippen molar-refractivity contribution < 1.29 is 4.74 Å². The molecule has 1 unspecified atom stereocenters. The van der Waals surface area contributed by atoms with E-state index in [0.29, 0.717) is 12.5 Å². The molecule has 0 amide bonds.